The molecule has 0 bridgehead atoms. The third-order valence-corrected chi connectivity index (χ3v) is 7.66. The average Bonchev–Trinajstić information content (AvgIpc) is 2.95. The van der Waals surface area contributed by atoms with E-state index in [0.29, 0.717) is 29.2 Å². The van der Waals surface area contributed by atoms with Crippen LogP contribution in [-0.2, 0) is 21.2 Å². The topological polar surface area (TPSA) is 128 Å². The molecule has 214 valence electrons. The van der Waals surface area contributed by atoms with Gasteiger partial charge in [-0.1, -0.05) is 43.3 Å². The standard InChI is InChI=1S/C29H36N4O6S/c1-19-16-33(20(2)18-34)28(35)15-22-14-23(31-40(4,37)38)12-13-26(22)39-27(19)17-32(3)29(36)30-25-11-7-9-21-8-5-6-10-24(21)25/h5-14,19-20,27,31,34H,15-18H2,1-4H3,(H,30,36)/t19-,20-,27-/m1/s1. The zero-order valence-corrected chi connectivity index (χ0v) is 23.9. The molecular weight excluding hydrogens is 532 g/mol. The molecule has 4 rings (SSSR count). The van der Waals surface area contributed by atoms with Crippen LogP contribution in [0, 0.1) is 5.92 Å². The van der Waals surface area contributed by atoms with Crippen molar-refractivity contribution in [1.82, 2.24) is 9.80 Å². The Morgan fingerprint density at radius 3 is 2.62 bits per heavy atom. The first-order valence-electron chi connectivity index (χ1n) is 13.1. The normalized spacial score (nSPS) is 18.5. The molecule has 1 aliphatic heterocycles. The van der Waals surface area contributed by atoms with Crippen LogP contribution in [0.3, 0.4) is 0 Å². The first-order valence-corrected chi connectivity index (χ1v) is 15.0. The number of nitrogens with zero attached hydrogens (tertiary/aromatic N) is 2. The SMILES string of the molecule is C[C@@H]1CN([C@H](C)CO)C(=O)Cc2cc(NS(C)(=O)=O)ccc2O[C@@H]1CN(C)C(=O)Nc1cccc2ccccc12. The summed E-state index contributed by atoms with van der Waals surface area (Å²) in [7, 11) is -1.84. The summed E-state index contributed by atoms with van der Waals surface area (Å²) in [6.45, 7) is 4.03. The molecule has 3 aromatic rings. The Morgan fingerprint density at radius 2 is 1.90 bits per heavy atom. The molecule has 0 aliphatic carbocycles. The van der Waals surface area contributed by atoms with Gasteiger partial charge >= 0.3 is 6.03 Å². The summed E-state index contributed by atoms with van der Waals surface area (Å²) in [6.07, 6.45) is 0.517. The number of likely N-dealkylation sites (N-methyl/N-ethyl adjacent to an activating group) is 1. The van der Waals surface area contributed by atoms with E-state index in [2.05, 4.69) is 10.0 Å². The Labute approximate surface area is 235 Å². The number of urea groups is 1. The van der Waals surface area contributed by atoms with E-state index in [4.69, 9.17) is 4.74 Å². The van der Waals surface area contributed by atoms with Gasteiger partial charge in [0, 0.05) is 36.1 Å². The van der Waals surface area contributed by atoms with Gasteiger partial charge in [-0.2, -0.15) is 0 Å². The van der Waals surface area contributed by atoms with Crippen molar-refractivity contribution >= 4 is 44.1 Å². The van der Waals surface area contributed by atoms with Gasteiger partial charge in [-0.15, -0.1) is 0 Å². The number of rotatable bonds is 7. The second-order valence-corrected chi connectivity index (χ2v) is 12.2. The van der Waals surface area contributed by atoms with Crippen molar-refractivity contribution in [3.63, 3.8) is 0 Å². The number of aliphatic hydroxyl groups is 1. The fourth-order valence-electron chi connectivity index (χ4n) is 4.82. The Kier molecular flexibility index (Phi) is 8.85. The molecule has 3 atom stereocenters. The second kappa shape index (κ2) is 12.1. The van der Waals surface area contributed by atoms with E-state index in [1.165, 1.54) is 0 Å². The third kappa shape index (κ3) is 7.02. The number of hydrogen-bond donors (Lipinski definition) is 3. The molecule has 3 amide bonds. The number of sulfonamides is 1. The molecule has 0 saturated carbocycles. The Balaban J connectivity index is 1.61. The van der Waals surface area contributed by atoms with Crippen LogP contribution in [-0.4, -0.2) is 80.4 Å². The highest BCUT2D eigenvalue weighted by Gasteiger charge is 2.32. The van der Waals surface area contributed by atoms with Crippen LogP contribution >= 0.6 is 0 Å². The van der Waals surface area contributed by atoms with Crippen LogP contribution in [0.5, 0.6) is 5.75 Å². The molecule has 10 nitrogen and oxygen atoms in total. The van der Waals surface area contributed by atoms with Crippen LogP contribution in [0.1, 0.15) is 19.4 Å². The minimum Gasteiger partial charge on any atom is -0.488 e. The van der Waals surface area contributed by atoms with E-state index in [9.17, 15) is 23.1 Å². The number of nitrogens with one attached hydrogen (secondary N) is 2. The lowest BCUT2D eigenvalue weighted by Gasteiger charge is -2.34. The zero-order valence-electron chi connectivity index (χ0n) is 23.1. The molecule has 40 heavy (non-hydrogen) atoms. The predicted molar refractivity (Wildman–Crippen MR) is 156 cm³/mol. The first kappa shape index (κ1) is 29.2. The van der Waals surface area contributed by atoms with Crippen LogP contribution in [0.2, 0.25) is 0 Å². The number of amides is 3. The van der Waals surface area contributed by atoms with Crippen LogP contribution in [0.4, 0.5) is 16.2 Å². The number of carbonyl (C=O) groups is 2. The molecule has 11 heteroatoms. The van der Waals surface area contributed by atoms with Gasteiger partial charge in [0.1, 0.15) is 11.9 Å². The lowest BCUT2D eigenvalue weighted by molar-refractivity contribution is -0.134. The number of aliphatic hydroxyl groups excluding tert-OH is 1. The molecule has 3 aromatic carbocycles. The molecule has 1 aliphatic rings. The van der Waals surface area contributed by atoms with E-state index in [0.717, 1.165) is 17.0 Å². The van der Waals surface area contributed by atoms with Crippen molar-refractivity contribution in [1.29, 1.82) is 0 Å². The summed E-state index contributed by atoms with van der Waals surface area (Å²) in [5.74, 6) is 0.0219. The Morgan fingerprint density at radius 1 is 1.18 bits per heavy atom. The van der Waals surface area contributed by atoms with Gasteiger partial charge in [0.25, 0.3) is 0 Å². The van der Waals surface area contributed by atoms with Crippen molar-refractivity contribution in [3.8, 4) is 5.75 Å². The largest absolute Gasteiger partial charge is 0.488 e. The molecule has 1 heterocycles. The first-order chi connectivity index (χ1) is 18.9. The number of carbonyl (C=O) groups excluding carboxylic acids is 2. The van der Waals surface area contributed by atoms with Gasteiger partial charge in [0.15, 0.2) is 0 Å². The van der Waals surface area contributed by atoms with Crippen molar-refractivity contribution in [2.45, 2.75) is 32.4 Å². The Bertz CT molecular complexity index is 1490. The van der Waals surface area contributed by atoms with Crippen LogP contribution < -0.4 is 14.8 Å². The fourth-order valence-corrected chi connectivity index (χ4v) is 5.38. The summed E-state index contributed by atoms with van der Waals surface area (Å²) < 4.78 is 32.4. The number of ether oxygens (including phenoxy) is 1. The summed E-state index contributed by atoms with van der Waals surface area (Å²) in [5.41, 5.74) is 1.52. The van der Waals surface area contributed by atoms with E-state index in [1.54, 1.807) is 42.0 Å². The van der Waals surface area contributed by atoms with E-state index in [-0.39, 0.29) is 37.4 Å². The molecule has 0 saturated heterocycles. The minimum atomic E-state index is -3.52. The van der Waals surface area contributed by atoms with Crippen LogP contribution in [0.25, 0.3) is 10.8 Å². The number of fused-ring (bicyclic) bond motifs is 2. The Hall–Kier alpha value is -3.83. The van der Waals surface area contributed by atoms with Crippen molar-refractivity contribution in [2.75, 3.05) is 43.0 Å². The number of hydrogen-bond acceptors (Lipinski definition) is 6. The van der Waals surface area contributed by atoms with Gasteiger partial charge in [-0.25, -0.2) is 13.2 Å². The lowest BCUT2D eigenvalue weighted by atomic mass is 10.0. The quantitative estimate of drug-likeness (QED) is 0.400. The van der Waals surface area contributed by atoms with Crippen molar-refractivity contribution < 1.29 is 27.9 Å². The van der Waals surface area contributed by atoms with Crippen molar-refractivity contribution in [3.05, 3.63) is 66.2 Å². The van der Waals surface area contributed by atoms with E-state index >= 15 is 0 Å². The molecule has 0 radical (unpaired) electrons. The molecule has 0 unspecified atom stereocenters. The third-order valence-electron chi connectivity index (χ3n) is 7.05. The maximum absolute atomic E-state index is 13.3. The predicted octanol–water partition coefficient (Wildman–Crippen LogP) is 3.52. The molecule has 3 N–H and O–H groups in total. The van der Waals surface area contributed by atoms with E-state index in [1.807, 2.05) is 49.4 Å². The van der Waals surface area contributed by atoms with Crippen LogP contribution in [0.15, 0.2) is 60.7 Å². The van der Waals surface area contributed by atoms with Gasteiger partial charge in [0.05, 0.1) is 37.6 Å². The number of benzene rings is 3. The maximum atomic E-state index is 13.3. The summed E-state index contributed by atoms with van der Waals surface area (Å²) in [4.78, 5) is 29.7. The molecule has 0 aromatic heterocycles. The van der Waals surface area contributed by atoms with Gasteiger partial charge in [-0.05, 0) is 36.6 Å². The smallest absolute Gasteiger partial charge is 0.321 e. The molecule has 0 fully saturated rings. The van der Waals surface area contributed by atoms with Gasteiger partial charge < -0.3 is 25.0 Å². The minimum absolute atomic E-state index is 0.0319. The highest BCUT2D eigenvalue weighted by Crippen LogP contribution is 2.30. The zero-order chi connectivity index (χ0) is 29.0. The highest BCUT2D eigenvalue weighted by molar-refractivity contribution is 7.92. The summed E-state index contributed by atoms with van der Waals surface area (Å²) in [5, 5.41) is 14.8. The van der Waals surface area contributed by atoms with E-state index < -0.39 is 22.2 Å². The van der Waals surface area contributed by atoms with Gasteiger partial charge in [0.2, 0.25) is 15.9 Å². The van der Waals surface area contributed by atoms with Gasteiger partial charge in [-0.3, -0.25) is 9.52 Å². The monoisotopic (exact) mass is 568 g/mol. The second-order valence-electron chi connectivity index (χ2n) is 10.4. The average molecular weight is 569 g/mol. The molecular formula is C29H36N4O6S. The summed E-state index contributed by atoms with van der Waals surface area (Å²) in [6, 6.07) is 17.6. The summed E-state index contributed by atoms with van der Waals surface area (Å²) >= 11 is 0. The molecule has 0 spiro atoms. The maximum Gasteiger partial charge on any atom is 0.321 e. The fraction of sp³-hybridized carbons (Fsp3) is 0.379. The highest BCUT2D eigenvalue weighted by atomic mass is 32.2. The number of anilines is 2. The van der Waals surface area contributed by atoms with Crippen molar-refractivity contribution in [2.24, 2.45) is 5.92 Å². The lowest BCUT2D eigenvalue weighted by Crippen LogP contribution is -2.48.